The molecule has 0 unspecified atom stereocenters. The molecule has 0 atom stereocenters. The summed E-state index contributed by atoms with van der Waals surface area (Å²) in [6.45, 7) is 1.07. The molecular formula is C5H12F3N3O6S3. The zero-order valence-electron chi connectivity index (χ0n) is 10.2. The molecule has 2 N–H and O–H groups in total. The Kier molecular flexibility index (Phi) is 5.96. The Bertz CT molecular complexity index is 637. The maximum absolute atomic E-state index is 12.1. The molecular weight excluding hydrogens is 351 g/mol. The lowest BCUT2D eigenvalue weighted by molar-refractivity contribution is -0.107. The molecule has 20 heavy (non-hydrogen) atoms. The first-order chi connectivity index (χ1) is 8.58. The Morgan fingerprint density at radius 2 is 1.45 bits per heavy atom. The van der Waals surface area contributed by atoms with Crippen LogP contribution in [-0.4, -0.2) is 53.7 Å². The average Bonchev–Trinajstić information content (AvgIpc) is 2.10. The molecule has 0 heterocycles. The molecule has 0 aromatic rings. The lowest BCUT2D eigenvalue weighted by atomic mass is 10.8. The second-order valence-electron chi connectivity index (χ2n) is 3.49. The molecule has 122 valence electrons. The number of hydrogen-bond acceptors (Lipinski definition) is 6. The van der Waals surface area contributed by atoms with Gasteiger partial charge in [0.05, 0.1) is 12.0 Å². The summed E-state index contributed by atoms with van der Waals surface area (Å²) < 4.78 is 102. The maximum Gasteiger partial charge on any atom is 0.404 e. The number of hydrazine groups is 2. The first-order valence-corrected chi connectivity index (χ1v) is 9.80. The van der Waals surface area contributed by atoms with E-state index in [0.29, 0.717) is 6.26 Å². The Balaban J connectivity index is 5.55. The molecule has 0 rings (SSSR count). The van der Waals surface area contributed by atoms with E-state index in [1.54, 1.807) is 0 Å². The molecule has 0 aliphatic rings. The van der Waals surface area contributed by atoms with Crippen LogP contribution in [-0.2, 0) is 30.1 Å². The van der Waals surface area contributed by atoms with Crippen molar-refractivity contribution in [1.29, 1.82) is 0 Å². The Hall–Kier alpha value is -0.480. The molecule has 0 spiro atoms. The summed E-state index contributed by atoms with van der Waals surface area (Å²) in [5, 5.41) is 0. The number of sulfonamides is 3. The number of alkyl halides is 3. The minimum Gasteiger partial charge on any atom is -0.211 e. The van der Waals surface area contributed by atoms with Gasteiger partial charge in [-0.3, -0.25) is 0 Å². The molecule has 0 saturated carbocycles. The zero-order valence-corrected chi connectivity index (χ0v) is 12.6. The number of nitrogens with one attached hydrogen (secondary N) is 2. The van der Waals surface area contributed by atoms with Gasteiger partial charge in [0.1, 0.15) is 0 Å². The lowest BCUT2D eigenvalue weighted by Crippen LogP contribution is -2.57. The molecule has 0 aliphatic carbocycles. The predicted octanol–water partition coefficient (Wildman–Crippen LogP) is -1.50. The summed E-state index contributed by atoms with van der Waals surface area (Å²) in [5.74, 6) is -3.13. The minimum absolute atomic E-state index is 0.434. The first kappa shape index (κ1) is 19.5. The number of rotatable bonds is 7. The molecule has 0 aromatic carbocycles. The van der Waals surface area contributed by atoms with Crippen molar-refractivity contribution in [2.24, 2.45) is 0 Å². The van der Waals surface area contributed by atoms with Crippen molar-refractivity contribution in [3.05, 3.63) is 0 Å². The van der Waals surface area contributed by atoms with Crippen molar-refractivity contribution in [3.8, 4) is 0 Å². The third kappa shape index (κ3) is 7.95. The van der Waals surface area contributed by atoms with Crippen molar-refractivity contribution in [1.82, 2.24) is 14.2 Å². The third-order valence-electron chi connectivity index (χ3n) is 1.48. The smallest absolute Gasteiger partial charge is 0.211 e. The van der Waals surface area contributed by atoms with Gasteiger partial charge in [0, 0.05) is 0 Å². The van der Waals surface area contributed by atoms with Crippen molar-refractivity contribution < 1.29 is 38.4 Å². The van der Waals surface area contributed by atoms with E-state index in [2.05, 4.69) is 0 Å². The summed E-state index contributed by atoms with van der Waals surface area (Å²) in [7, 11) is -14.0. The van der Waals surface area contributed by atoms with Crippen LogP contribution >= 0.6 is 0 Å². The highest BCUT2D eigenvalue weighted by molar-refractivity contribution is 7.93. The Morgan fingerprint density at radius 3 is 1.75 bits per heavy atom. The quantitative estimate of drug-likeness (QED) is 0.530. The van der Waals surface area contributed by atoms with Gasteiger partial charge in [0.15, 0.2) is 5.75 Å². The van der Waals surface area contributed by atoms with Crippen LogP contribution < -0.4 is 9.66 Å². The van der Waals surface area contributed by atoms with Crippen LogP contribution in [0.15, 0.2) is 0 Å². The van der Waals surface area contributed by atoms with Crippen LogP contribution in [0.3, 0.4) is 0 Å². The van der Waals surface area contributed by atoms with Crippen molar-refractivity contribution in [3.63, 3.8) is 0 Å². The fraction of sp³-hybridized carbons (Fsp3) is 1.00. The molecule has 0 bridgehead atoms. The van der Waals surface area contributed by atoms with Crippen LogP contribution in [0.1, 0.15) is 6.92 Å². The second kappa shape index (κ2) is 6.10. The van der Waals surface area contributed by atoms with Gasteiger partial charge in [-0.1, -0.05) is 0 Å². The summed E-state index contributed by atoms with van der Waals surface area (Å²) >= 11 is 0. The molecule has 0 fully saturated rings. The highest BCUT2D eigenvalue weighted by atomic mass is 32.2. The number of nitrogens with zero attached hydrogens (tertiary/aromatic N) is 1. The van der Waals surface area contributed by atoms with Crippen LogP contribution in [0, 0.1) is 0 Å². The number of halogens is 3. The minimum atomic E-state index is -5.33. The first-order valence-electron chi connectivity index (χ1n) is 4.65. The van der Waals surface area contributed by atoms with E-state index in [4.69, 9.17) is 0 Å². The van der Waals surface area contributed by atoms with E-state index in [9.17, 15) is 38.4 Å². The standard InChI is InChI=1S/C5H12F3N3O6S3/c1-3-19(14,15)10-11(9-18(2,12)13)20(16,17)4-5(6,7)8/h9-10H,3-4H2,1-2H3. The normalized spacial score (nSPS) is 14.7. The van der Waals surface area contributed by atoms with Crippen molar-refractivity contribution >= 4 is 30.1 Å². The highest BCUT2D eigenvalue weighted by Gasteiger charge is 2.40. The van der Waals surface area contributed by atoms with E-state index in [-0.39, 0.29) is 0 Å². The zero-order chi connectivity index (χ0) is 16.4. The van der Waals surface area contributed by atoms with Crippen molar-refractivity contribution in [2.75, 3.05) is 17.8 Å². The van der Waals surface area contributed by atoms with Gasteiger partial charge in [-0.15, -0.1) is 9.66 Å². The van der Waals surface area contributed by atoms with Gasteiger partial charge in [-0.05, 0) is 11.4 Å². The largest absolute Gasteiger partial charge is 0.404 e. The third-order valence-corrected chi connectivity index (χ3v) is 4.87. The fourth-order valence-corrected chi connectivity index (χ4v) is 3.78. The van der Waals surface area contributed by atoms with Crippen LogP contribution in [0.2, 0.25) is 0 Å². The highest BCUT2D eigenvalue weighted by Crippen LogP contribution is 2.18. The maximum atomic E-state index is 12.1. The van der Waals surface area contributed by atoms with Crippen LogP contribution in [0.4, 0.5) is 13.2 Å². The van der Waals surface area contributed by atoms with Gasteiger partial charge in [-0.2, -0.15) is 13.2 Å². The topological polar surface area (TPSA) is 130 Å². The Labute approximate surface area is 114 Å². The van der Waals surface area contributed by atoms with Gasteiger partial charge < -0.3 is 0 Å². The molecule has 15 heteroatoms. The van der Waals surface area contributed by atoms with Crippen LogP contribution in [0.25, 0.3) is 0 Å². The SMILES string of the molecule is CCS(=O)(=O)NN(NS(C)(=O)=O)S(=O)(=O)CC(F)(F)F. The van der Waals surface area contributed by atoms with Crippen LogP contribution in [0.5, 0.6) is 0 Å². The number of hydrogen-bond donors (Lipinski definition) is 2. The summed E-state index contributed by atoms with van der Waals surface area (Å²) in [5.41, 5.74) is 0. The average molecular weight is 363 g/mol. The second-order valence-corrected chi connectivity index (χ2v) is 9.03. The van der Waals surface area contributed by atoms with E-state index in [0.717, 1.165) is 11.8 Å². The van der Waals surface area contributed by atoms with Crippen molar-refractivity contribution in [2.45, 2.75) is 13.1 Å². The van der Waals surface area contributed by atoms with E-state index < -0.39 is 52.3 Å². The lowest BCUT2D eigenvalue weighted by Gasteiger charge is -2.22. The van der Waals surface area contributed by atoms with Gasteiger partial charge >= 0.3 is 6.18 Å². The Morgan fingerprint density at radius 1 is 1.00 bits per heavy atom. The monoisotopic (exact) mass is 363 g/mol. The molecule has 0 aliphatic heterocycles. The van der Waals surface area contributed by atoms with E-state index in [1.807, 2.05) is 0 Å². The van der Waals surface area contributed by atoms with Gasteiger partial charge in [-0.25, -0.2) is 25.3 Å². The molecule has 0 aromatic heterocycles. The molecule has 0 saturated heterocycles. The molecule has 0 amide bonds. The summed E-state index contributed by atoms with van der Waals surface area (Å²) in [6, 6.07) is 0. The van der Waals surface area contributed by atoms with E-state index >= 15 is 0 Å². The van der Waals surface area contributed by atoms with E-state index in [1.165, 1.54) is 4.83 Å². The van der Waals surface area contributed by atoms with Gasteiger partial charge in [0.2, 0.25) is 20.0 Å². The van der Waals surface area contributed by atoms with Gasteiger partial charge in [0.25, 0.3) is 10.0 Å². The predicted molar refractivity (Wildman–Crippen MR) is 62.3 cm³/mol. The molecule has 0 radical (unpaired) electrons. The fourth-order valence-electron chi connectivity index (χ4n) is 0.745. The summed E-state index contributed by atoms with van der Waals surface area (Å²) in [4.78, 5) is 2.33. The summed E-state index contributed by atoms with van der Waals surface area (Å²) in [6.07, 6.45) is -4.75. The molecule has 9 nitrogen and oxygen atoms in total.